The lowest BCUT2D eigenvalue weighted by Crippen LogP contribution is -2.49. The second kappa shape index (κ2) is 11.9. The summed E-state index contributed by atoms with van der Waals surface area (Å²) in [6.45, 7) is 8.74. The maximum atomic E-state index is 12.2. The van der Waals surface area contributed by atoms with Gasteiger partial charge in [0.05, 0.1) is 24.9 Å². The van der Waals surface area contributed by atoms with E-state index in [1.54, 1.807) is 0 Å². The molecule has 0 spiro atoms. The summed E-state index contributed by atoms with van der Waals surface area (Å²) in [7, 11) is 0. The molecule has 0 radical (unpaired) electrons. The molecule has 2 saturated heterocycles. The molecular weight excluding hydrogens is 380 g/mol. The Hall–Kier alpha value is -2.18. The van der Waals surface area contributed by atoms with Gasteiger partial charge in [-0.05, 0) is 69.2 Å². The monoisotopic (exact) mass is 414 g/mol. The molecule has 0 saturated carbocycles. The van der Waals surface area contributed by atoms with Crippen molar-refractivity contribution in [1.29, 1.82) is 0 Å². The minimum absolute atomic E-state index is 0.263. The first-order valence-electron chi connectivity index (χ1n) is 11.2. The summed E-state index contributed by atoms with van der Waals surface area (Å²) in [6, 6.07) is 7.86. The number of nitrogens with zero attached hydrogens (tertiary/aromatic N) is 2. The van der Waals surface area contributed by atoms with Gasteiger partial charge in [0, 0.05) is 25.7 Å². The third-order valence-electron chi connectivity index (χ3n) is 5.90. The van der Waals surface area contributed by atoms with Gasteiger partial charge in [0.15, 0.2) is 0 Å². The van der Waals surface area contributed by atoms with E-state index in [0.717, 1.165) is 38.8 Å². The number of unbranched alkanes of at least 4 members (excludes halogenated alkanes) is 3. The molecule has 2 fully saturated rings. The summed E-state index contributed by atoms with van der Waals surface area (Å²) in [4.78, 5) is 28.3. The highest BCUT2D eigenvalue weighted by Gasteiger charge is 2.32. The summed E-state index contributed by atoms with van der Waals surface area (Å²) in [5, 5.41) is 0. The van der Waals surface area contributed by atoms with E-state index in [4.69, 9.17) is 9.47 Å². The molecule has 0 amide bonds. The maximum Gasteiger partial charge on any atom is 0.338 e. The molecule has 1 atom stereocenters. The molecule has 0 aromatic heterocycles. The summed E-state index contributed by atoms with van der Waals surface area (Å²) in [6.07, 6.45) is 9.06. The van der Waals surface area contributed by atoms with Gasteiger partial charge in [0.25, 0.3) is 0 Å². The number of hydrogen-bond acceptors (Lipinski definition) is 6. The molecule has 0 aliphatic carbocycles. The van der Waals surface area contributed by atoms with Gasteiger partial charge in [-0.2, -0.15) is 0 Å². The fraction of sp³-hybridized carbons (Fsp3) is 0.583. The lowest BCUT2D eigenvalue weighted by Gasteiger charge is -2.40. The van der Waals surface area contributed by atoms with Crippen LogP contribution in [-0.4, -0.2) is 60.8 Å². The van der Waals surface area contributed by atoms with E-state index >= 15 is 0 Å². The minimum Gasteiger partial charge on any atom is -0.463 e. The van der Waals surface area contributed by atoms with Crippen LogP contribution in [0.1, 0.15) is 60.9 Å². The van der Waals surface area contributed by atoms with Crippen molar-refractivity contribution in [3.63, 3.8) is 0 Å². The van der Waals surface area contributed by atoms with Crippen molar-refractivity contribution in [2.24, 2.45) is 0 Å². The fourth-order valence-corrected chi connectivity index (χ4v) is 4.31. The van der Waals surface area contributed by atoms with Gasteiger partial charge < -0.3 is 9.47 Å². The van der Waals surface area contributed by atoms with Gasteiger partial charge in [-0.1, -0.05) is 18.7 Å². The first kappa shape index (κ1) is 22.5. The number of carbonyl (C=O) groups is 2. The highest BCUT2D eigenvalue weighted by molar-refractivity contribution is 5.89. The van der Waals surface area contributed by atoms with Gasteiger partial charge in [-0.15, -0.1) is 0 Å². The zero-order valence-electron chi connectivity index (χ0n) is 17.9. The second-order valence-electron chi connectivity index (χ2n) is 8.10. The minimum atomic E-state index is -0.383. The van der Waals surface area contributed by atoms with Crippen LogP contribution in [0, 0.1) is 0 Å². The topological polar surface area (TPSA) is 59.1 Å². The van der Waals surface area contributed by atoms with Gasteiger partial charge in [0.1, 0.15) is 0 Å². The largest absolute Gasteiger partial charge is 0.463 e. The van der Waals surface area contributed by atoms with Crippen molar-refractivity contribution in [1.82, 2.24) is 9.80 Å². The lowest BCUT2D eigenvalue weighted by atomic mass is 10.1. The molecule has 3 rings (SSSR count). The number of esters is 2. The highest BCUT2D eigenvalue weighted by Crippen LogP contribution is 2.26. The Morgan fingerprint density at radius 2 is 1.67 bits per heavy atom. The molecule has 1 aromatic carbocycles. The lowest BCUT2D eigenvalue weighted by molar-refractivity contribution is -0.137. The summed E-state index contributed by atoms with van der Waals surface area (Å²) in [5.41, 5.74) is 1.86. The number of fused-ring (bicyclic) bond motifs is 1. The molecular formula is C24H34N2O4. The molecule has 0 N–H and O–H groups in total. The van der Waals surface area contributed by atoms with E-state index in [2.05, 4.69) is 28.5 Å². The molecule has 2 aliphatic heterocycles. The fourth-order valence-electron chi connectivity index (χ4n) is 4.31. The molecule has 1 unspecified atom stereocenters. The van der Waals surface area contributed by atoms with Crippen LogP contribution in [0.5, 0.6) is 0 Å². The molecule has 2 heterocycles. The smallest absolute Gasteiger partial charge is 0.338 e. The predicted molar refractivity (Wildman–Crippen MR) is 116 cm³/mol. The Morgan fingerprint density at radius 3 is 2.40 bits per heavy atom. The number of benzene rings is 1. The van der Waals surface area contributed by atoms with Crippen molar-refractivity contribution in [3.8, 4) is 0 Å². The van der Waals surface area contributed by atoms with Crippen LogP contribution >= 0.6 is 0 Å². The number of rotatable bonds is 11. The van der Waals surface area contributed by atoms with Crippen LogP contribution < -0.4 is 0 Å². The molecule has 0 bridgehead atoms. The first-order chi connectivity index (χ1) is 14.7. The Kier molecular flexibility index (Phi) is 8.90. The third kappa shape index (κ3) is 6.67. The zero-order chi connectivity index (χ0) is 21.2. The molecule has 6 nitrogen and oxygen atoms in total. The summed E-state index contributed by atoms with van der Waals surface area (Å²) in [5.74, 6) is -0.646. The van der Waals surface area contributed by atoms with E-state index in [0.29, 0.717) is 24.9 Å². The number of hydrogen-bond donors (Lipinski definition) is 0. The van der Waals surface area contributed by atoms with E-state index < -0.39 is 0 Å². The SMILES string of the molecule is C=CC(=O)OCCCCCCOC(=O)c1ccc(CN2CCCN3CCCC32)cc1. The molecule has 6 heteroatoms. The van der Waals surface area contributed by atoms with Gasteiger partial charge in [-0.3, -0.25) is 9.80 Å². The Bertz CT molecular complexity index is 704. The number of carbonyl (C=O) groups excluding carboxylic acids is 2. The molecule has 1 aromatic rings. The van der Waals surface area contributed by atoms with Crippen molar-refractivity contribution < 1.29 is 19.1 Å². The highest BCUT2D eigenvalue weighted by atomic mass is 16.5. The number of ether oxygens (including phenoxy) is 2. The van der Waals surface area contributed by atoms with Crippen LogP contribution in [0.3, 0.4) is 0 Å². The van der Waals surface area contributed by atoms with Crippen molar-refractivity contribution in [2.45, 2.75) is 57.7 Å². The quantitative estimate of drug-likeness (QED) is 0.312. The third-order valence-corrected chi connectivity index (χ3v) is 5.90. The first-order valence-corrected chi connectivity index (χ1v) is 11.2. The summed E-state index contributed by atoms with van der Waals surface area (Å²) >= 11 is 0. The van der Waals surface area contributed by atoms with E-state index in [1.807, 2.05) is 12.1 Å². The Morgan fingerprint density at radius 1 is 0.967 bits per heavy atom. The van der Waals surface area contributed by atoms with Crippen molar-refractivity contribution in [3.05, 3.63) is 48.0 Å². The van der Waals surface area contributed by atoms with Crippen LogP contribution in [0.4, 0.5) is 0 Å². The van der Waals surface area contributed by atoms with E-state index in [-0.39, 0.29) is 11.9 Å². The summed E-state index contributed by atoms with van der Waals surface area (Å²) < 4.78 is 10.3. The van der Waals surface area contributed by atoms with E-state index in [1.165, 1.54) is 44.0 Å². The van der Waals surface area contributed by atoms with Crippen molar-refractivity contribution >= 4 is 11.9 Å². The predicted octanol–water partition coefficient (Wildman–Crippen LogP) is 3.76. The Balaban J connectivity index is 1.32. The van der Waals surface area contributed by atoms with Gasteiger partial charge in [0.2, 0.25) is 0 Å². The molecule has 2 aliphatic rings. The Labute approximate surface area is 179 Å². The zero-order valence-corrected chi connectivity index (χ0v) is 17.9. The average molecular weight is 415 g/mol. The van der Waals surface area contributed by atoms with Gasteiger partial charge in [-0.25, -0.2) is 9.59 Å². The van der Waals surface area contributed by atoms with Crippen molar-refractivity contribution in [2.75, 3.05) is 32.8 Å². The van der Waals surface area contributed by atoms with Gasteiger partial charge >= 0.3 is 11.9 Å². The molecule has 164 valence electrons. The normalized spacial score (nSPS) is 19.3. The van der Waals surface area contributed by atoms with Crippen LogP contribution in [0.15, 0.2) is 36.9 Å². The van der Waals surface area contributed by atoms with Crippen LogP contribution in [0.25, 0.3) is 0 Å². The van der Waals surface area contributed by atoms with Crippen LogP contribution in [0.2, 0.25) is 0 Å². The van der Waals surface area contributed by atoms with E-state index in [9.17, 15) is 9.59 Å². The average Bonchev–Trinajstić information content (AvgIpc) is 3.25. The maximum absolute atomic E-state index is 12.2. The second-order valence-corrected chi connectivity index (χ2v) is 8.10. The van der Waals surface area contributed by atoms with Crippen LogP contribution in [-0.2, 0) is 20.8 Å². The molecule has 30 heavy (non-hydrogen) atoms. The standard InChI is InChI=1S/C24H34N2O4/c1-2-23(27)29-17-5-3-4-6-18-30-24(28)21-12-10-20(11-13-21)19-26-16-8-15-25-14-7-9-22(25)26/h2,10-13,22H,1,3-9,14-19H2.